The Bertz CT molecular complexity index is 683. The number of anilines is 2. The van der Waals surface area contributed by atoms with Gasteiger partial charge in [0.15, 0.2) is 6.19 Å². The molecule has 23 heavy (non-hydrogen) atoms. The molecule has 0 aliphatic heterocycles. The molecule has 0 unspecified atom stereocenters. The van der Waals surface area contributed by atoms with Crippen molar-refractivity contribution in [3.05, 3.63) is 42.5 Å². The van der Waals surface area contributed by atoms with Gasteiger partial charge in [0.25, 0.3) is 0 Å². The standard InChI is InChI=1S/C16H21N7/c1-12(8-13-9-18-11-20-13)21-16(19-10-17)22-14-6-4-5-7-15(14)23(2)3/h4-7,9,11-12H,8H2,1-3H3,(H,18,20)(H2,19,21,22)/t12-/m0/s1. The predicted molar refractivity (Wildman–Crippen MR) is 92.3 cm³/mol. The Hall–Kier alpha value is -3.01. The second kappa shape index (κ2) is 7.84. The minimum Gasteiger partial charge on any atom is -0.376 e. The van der Waals surface area contributed by atoms with Crippen LogP contribution in [0.25, 0.3) is 0 Å². The summed E-state index contributed by atoms with van der Waals surface area (Å²) < 4.78 is 0. The van der Waals surface area contributed by atoms with E-state index in [2.05, 4.69) is 25.6 Å². The lowest BCUT2D eigenvalue weighted by molar-refractivity contribution is 0.724. The van der Waals surface area contributed by atoms with Crippen molar-refractivity contribution in [2.45, 2.75) is 19.4 Å². The number of aliphatic imine (C=N–C) groups is 1. The highest BCUT2D eigenvalue weighted by molar-refractivity contribution is 5.97. The summed E-state index contributed by atoms with van der Waals surface area (Å²) in [5.74, 6) is 0.425. The van der Waals surface area contributed by atoms with Gasteiger partial charge < -0.3 is 15.2 Å². The smallest absolute Gasteiger partial charge is 0.209 e. The lowest BCUT2D eigenvalue weighted by Gasteiger charge is -2.19. The summed E-state index contributed by atoms with van der Waals surface area (Å²) in [6.45, 7) is 1.99. The maximum Gasteiger partial charge on any atom is 0.209 e. The van der Waals surface area contributed by atoms with Crippen LogP contribution in [-0.4, -0.2) is 36.1 Å². The number of benzene rings is 1. The highest BCUT2D eigenvalue weighted by Gasteiger charge is 2.09. The van der Waals surface area contributed by atoms with Crippen LogP contribution in [0, 0.1) is 11.5 Å². The van der Waals surface area contributed by atoms with Crippen LogP contribution >= 0.6 is 0 Å². The molecule has 2 rings (SSSR count). The van der Waals surface area contributed by atoms with E-state index in [1.54, 1.807) is 12.5 Å². The van der Waals surface area contributed by atoms with Crippen molar-refractivity contribution in [1.82, 2.24) is 15.3 Å². The fourth-order valence-electron chi connectivity index (χ4n) is 2.23. The molecule has 0 bridgehead atoms. The molecule has 0 radical (unpaired) electrons. The number of imidazole rings is 1. The zero-order valence-electron chi connectivity index (χ0n) is 13.5. The molecule has 0 saturated carbocycles. The summed E-state index contributed by atoms with van der Waals surface area (Å²) in [5, 5.41) is 14.8. The van der Waals surface area contributed by atoms with Crippen LogP contribution in [0.4, 0.5) is 11.4 Å². The molecule has 120 valence electrons. The Labute approximate surface area is 136 Å². The Morgan fingerprint density at radius 2 is 2.22 bits per heavy atom. The van der Waals surface area contributed by atoms with Crippen LogP contribution in [0.15, 0.2) is 41.8 Å². The molecular weight excluding hydrogens is 290 g/mol. The number of nitrogens with one attached hydrogen (secondary N) is 3. The van der Waals surface area contributed by atoms with Gasteiger partial charge in [0.2, 0.25) is 5.96 Å². The maximum absolute atomic E-state index is 8.95. The molecule has 1 aromatic heterocycles. The Morgan fingerprint density at radius 3 is 2.87 bits per heavy atom. The van der Waals surface area contributed by atoms with Gasteiger partial charge in [0, 0.05) is 32.4 Å². The van der Waals surface area contributed by atoms with E-state index in [0.717, 1.165) is 17.1 Å². The Balaban J connectivity index is 2.15. The van der Waals surface area contributed by atoms with Gasteiger partial charge in [-0.05, 0) is 19.1 Å². The molecule has 1 heterocycles. The van der Waals surface area contributed by atoms with E-state index >= 15 is 0 Å². The zero-order valence-corrected chi connectivity index (χ0v) is 13.5. The van der Waals surface area contributed by atoms with Crippen molar-refractivity contribution in [2.24, 2.45) is 4.99 Å². The van der Waals surface area contributed by atoms with E-state index in [-0.39, 0.29) is 6.04 Å². The summed E-state index contributed by atoms with van der Waals surface area (Å²) in [5.41, 5.74) is 2.90. The van der Waals surface area contributed by atoms with Crippen LogP contribution in [0.5, 0.6) is 0 Å². The van der Waals surface area contributed by atoms with Gasteiger partial charge in [0.1, 0.15) is 0 Å². The number of para-hydroxylation sites is 2. The molecule has 7 nitrogen and oxygen atoms in total. The molecule has 1 atom stereocenters. The van der Waals surface area contributed by atoms with Crippen LogP contribution in [0.2, 0.25) is 0 Å². The highest BCUT2D eigenvalue weighted by Crippen LogP contribution is 2.23. The monoisotopic (exact) mass is 311 g/mol. The van der Waals surface area contributed by atoms with Gasteiger partial charge in [-0.15, -0.1) is 0 Å². The number of hydrogen-bond acceptors (Lipinski definition) is 4. The van der Waals surface area contributed by atoms with Crippen molar-refractivity contribution in [3.8, 4) is 6.19 Å². The lowest BCUT2D eigenvalue weighted by atomic mass is 10.2. The second-order valence-corrected chi connectivity index (χ2v) is 5.38. The van der Waals surface area contributed by atoms with E-state index in [1.165, 1.54) is 0 Å². The van der Waals surface area contributed by atoms with E-state index in [0.29, 0.717) is 12.4 Å². The zero-order chi connectivity index (χ0) is 16.7. The van der Waals surface area contributed by atoms with Gasteiger partial charge in [-0.25, -0.2) is 9.98 Å². The molecule has 0 spiro atoms. The first-order valence-electron chi connectivity index (χ1n) is 7.33. The first kappa shape index (κ1) is 16.4. The topological polar surface area (TPSA) is 92.1 Å². The third kappa shape index (κ3) is 4.74. The van der Waals surface area contributed by atoms with Crippen molar-refractivity contribution < 1.29 is 0 Å². The van der Waals surface area contributed by atoms with Gasteiger partial charge in [-0.2, -0.15) is 5.26 Å². The first-order chi connectivity index (χ1) is 11.1. The van der Waals surface area contributed by atoms with Crippen LogP contribution in [0.1, 0.15) is 12.6 Å². The maximum atomic E-state index is 8.95. The van der Waals surface area contributed by atoms with Crippen LogP contribution in [-0.2, 0) is 6.42 Å². The van der Waals surface area contributed by atoms with E-state index in [4.69, 9.17) is 5.26 Å². The van der Waals surface area contributed by atoms with Gasteiger partial charge in [-0.3, -0.25) is 5.32 Å². The van der Waals surface area contributed by atoms with Crippen molar-refractivity contribution in [3.63, 3.8) is 0 Å². The number of guanidine groups is 1. The fraction of sp³-hybridized carbons (Fsp3) is 0.312. The molecule has 0 aliphatic carbocycles. The summed E-state index contributed by atoms with van der Waals surface area (Å²) in [6.07, 6.45) is 6.06. The third-order valence-corrected chi connectivity index (χ3v) is 3.23. The van der Waals surface area contributed by atoms with E-state index in [1.807, 2.05) is 56.4 Å². The van der Waals surface area contributed by atoms with Crippen molar-refractivity contribution >= 4 is 17.3 Å². The number of aromatic amines is 1. The average Bonchev–Trinajstić information content (AvgIpc) is 3.00. The van der Waals surface area contributed by atoms with Crippen molar-refractivity contribution in [2.75, 3.05) is 24.3 Å². The number of hydrogen-bond donors (Lipinski definition) is 3. The quantitative estimate of drug-likeness (QED) is 0.340. The second-order valence-electron chi connectivity index (χ2n) is 5.38. The molecule has 0 amide bonds. The van der Waals surface area contributed by atoms with Crippen LogP contribution in [0.3, 0.4) is 0 Å². The molecule has 1 aromatic carbocycles. The first-order valence-corrected chi connectivity index (χ1v) is 7.33. The number of H-pyrrole nitrogens is 1. The minimum absolute atomic E-state index is 0.00896. The van der Waals surface area contributed by atoms with Gasteiger partial charge in [0.05, 0.1) is 23.7 Å². The van der Waals surface area contributed by atoms with Crippen molar-refractivity contribution in [1.29, 1.82) is 5.26 Å². The van der Waals surface area contributed by atoms with E-state index < -0.39 is 0 Å². The van der Waals surface area contributed by atoms with Gasteiger partial charge >= 0.3 is 0 Å². The lowest BCUT2D eigenvalue weighted by Crippen LogP contribution is -2.29. The SMILES string of the molecule is C[C@@H](Cc1cnc[nH]1)N=C(NC#N)Nc1ccccc1N(C)C. The average molecular weight is 311 g/mol. The minimum atomic E-state index is -0.00896. The number of nitriles is 1. The molecule has 0 saturated heterocycles. The fourth-order valence-corrected chi connectivity index (χ4v) is 2.23. The number of aromatic nitrogens is 2. The normalized spacial score (nSPS) is 12.3. The molecule has 0 fully saturated rings. The molecule has 3 N–H and O–H groups in total. The highest BCUT2D eigenvalue weighted by atomic mass is 15.2. The Kier molecular flexibility index (Phi) is 5.58. The van der Waals surface area contributed by atoms with E-state index in [9.17, 15) is 0 Å². The Morgan fingerprint density at radius 1 is 1.43 bits per heavy atom. The molecule has 7 heteroatoms. The predicted octanol–water partition coefficient (Wildman–Crippen LogP) is 1.95. The molecule has 2 aromatic rings. The summed E-state index contributed by atoms with van der Waals surface area (Å²) >= 11 is 0. The molecular formula is C16H21N7. The largest absolute Gasteiger partial charge is 0.376 e. The number of nitrogens with zero attached hydrogens (tertiary/aromatic N) is 4. The summed E-state index contributed by atoms with van der Waals surface area (Å²) in [6, 6.07) is 7.85. The third-order valence-electron chi connectivity index (χ3n) is 3.23. The van der Waals surface area contributed by atoms with Gasteiger partial charge in [-0.1, -0.05) is 12.1 Å². The summed E-state index contributed by atoms with van der Waals surface area (Å²) in [4.78, 5) is 13.6. The molecule has 0 aliphatic rings. The van der Waals surface area contributed by atoms with Crippen LogP contribution < -0.4 is 15.5 Å². The number of rotatable bonds is 5. The summed E-state index contributed by atoms with van der Waals surface area (Å²) in [7, 11) is 3.94.